The molecule has 6 aromatic carbocycles. The van der Waals surface area contributed by atoms with Gasteiger partial charge in [0.05, 0.1) is 0 Å². The van der Waals surface area contributed by atoms with Gasteiger partial charge >= 0.3 is 0 Å². The van der Waals surface area contributed by atoms with E-state index in [1.807, 2.05) is 0 Å². The third-order valence-electron chi connectivity index (χ3n) is 7.16. The van der Waals surface area contributed by atoms with Gasteiger partial charge in [0.1, 0.15) is 0 Å². The Morgan fingerprint density at radius 1 is 0.303 bits per heavy atom. The number of fused-ring (bicyclic) bond motifs is 5. The zero-order valence-electron chi connectivity index (χ0n) is 18.3. The first-order valence-electron chi connectivity index (χ1n) is 11.6. The van der Waals surface area contributed by atoms with E-state index in [1.165, 1.54) is 66.1 Å². The average molecular weight is 419 g/mol. The molecule has 0 fully saturated rings. The largest absolute Gasteiger partial charge is 0.0616 e. The summed E-state index contributed by atoms with van der Waals surface area (Å²) >= 11 is 0. The Hall–Kier alpha value is -4.16. The van der Waals surface area contributed by atoms with Crippen LogP contribution in [0.1, 0.15) is 11.1 Å². The normalized spacial score (nSPS) is 12.1. The second kappa shape index (κ2) is 7.18. The molecule has 0 bridgehead atoms. The fraction of sp³-hybridized carbons (Fsp3) is 0.0303. The minimum Gasteiger partial charge on any atom is -0.0616 e. The van der Waals surface area contributed by atoms with Gasteiger partial charge in [-0.3, -0.25) is 0 Å². The predicted molar refractivity (Wildman–Crippen MR) is 141 cm³/mol. The predicted octanol–water partition coefficient (Wildman–Crippen LogP) is 8.90. The quantitative estimate of drug-likeness (QED) is 0.263. The summed E-state index contributed by atoms with van der Waals surface area (Å²) in [7, 11) is 0. The van der Waals surface area contributed by atoms with E-state index in [0.717, 1.165) is 6.42 Å². The maximum atomic E-state index is 2.30. The van der Waals surface area contributed by atoms with E-state index < -0.39 is 0 Å². The van der Waals surface area contributed by atoms with Crippen LogP contribution in [0, 0.1) is 0 Å². The van der Waals surface area contributed by atoms with Gasteiger partial charge in [0.25, 0.3) is 0 Å². The van der Waals surface area contributed by atoms with Gasteiger partial charge in [-0.05, 0) is 72.5 Å². The molecule has 0 aliphatic heterocycles. The van der Waals surface area contributed by atoms with Crippen molar-refractivity contribution in [2.45, 2.75) is 6.42 Å². The van der Waals surface area contributed by atoms with Crippen LogP contribution >= 0.6 is 0 Å². The van der Waals surface area contributed by atoms with Crippen molar-refractivity contribution < 1.29 is 0 Å². The van der Waals surface area contributed by atoms with Crippen LogP contribution in [0.5, 0.6) is 0 Å². The maximum Gasteiger partial charge on any atom is -0.000111 e. The molecule has 6 aromatic rings. The number of rotatable bonds is 2. The molecule has 0 atom stereocenters. The Balaban J connectivity index is 1.45. The molecule has 0 radical (unpaired) electrons. The van der Waals surface area contributed by atoms with Crippen molar-refractivity contribution in [2.75, 3.05) is 0 Å². The Labute approximate surface area is 193 Å². The maximum absolute atomic E-state index is 2.30. The van der Waals surface area contributed by atoms with E-state index in [4.69, 9.17) is 0 Å². The van der Waals surface area contributed by atoms with Gasteiger partial charge in [0, 0.05) is 0 Å². The van der Waals surface area contributed by atoms with Crippen molar-refractivity contribution in [1.29, 1.82) is 0 Å². The minimum atomic E-state index is 0.962. The second-order valence-electron chi connectivity index (χ2n) is 8.89. The highest BCUT2D eigenvalue weighted by Gasteiger charge is 2.25. The lowest BCUT2D eigenvalue weighted by molar-refractivity contribution is 1.27. The molecular weight excluding hydrogens is 396 g/mol. The monoisotopic (exact) mass is 418 g/mol. The van der Waals surface area contributed by atoms with E-state index in [9.17, 15) is 0 Å². The molecular formula is C33H22. The molecule has 0 nitrogen and oxygen atoms in total. The SMILES string of the molecule is c1cc2c(c(-c3cccc4ccccc34)c1)Cc1c-2cccc1-c1cccc2ccccc12. The molecule has 0 saturated carbocycles. The molecule has 0 heterocycles. The summed E-state index contributed by atoms with van der Waals surface area (Å²) in [6.07, 6.45) is 0.962. The second-order valence-corrected chi connectivity index (χ2v) is 8.89. The topological polar surface area (TPSA) is 0 Å². The van der Waals surface area contributed by atoms with E-state index in [0.29, 0.717) is 0 Å². The highest BCUT2D eigenvalue weighted by atomic mass is 14.3. The molecule has 0 heteroatoms. The van der Waals surface area contributed by atoms with Gasteiger partial charge in [-0.1, -0.05) is 121 Å². The minimum absolute atomic E-state index is 0.962. The van der Waals surface area contributed by atoms with Crippen LogP contribution < -0.4 is 0 Å². The van der Waals surface area contributed by atoms with Gasteiger partial charge in [0.2, 0.25) is 0 Å². The fourth-order valence-electron chi connectivity index (χ4n) is 5.66. The first-order chi connectivity index (χ1) is 16.4. The van der Waals surface area contributed by atoms with Crippen molar-refractivity contribution in [3.8, 4) is 33.4 Å². The summed E-state index contributed by atoms with van der Waals surface area (Å²) in [5, 5.41) is 5.22. The van der Waals surface area contributed by atoms with Gasteiger partial charge < -0.3 is 0 Å². The fourth-order valence-corrected chi connectivity index (χ4v) is 5.66. The zero-order chi connectivity index (χ0) is 21.8. The van der Waals surface area contributed by atoms with E-state index in [2.05, 4.69) is 121 Å². The Kier molecular flexibility index (Phi) is 4.01. The van der Waals surface area contributed by atoms with E-state index in [-0.39, 0.29) is 0 Å². The van der Waals surface area contributed by atoms with Crippen molar-refractivity contribution in [3.63, 3.8) is 0 Å². The molecule has 0 spiro atoms. The average Bonchev–Trinajstić information content (AvgIpc) is 3.27. The Bertz CT molecular complexity index is 1550. The molecule has 7 rings (SSSR count). The highest BCUT2D eigenvalue weighted by Crippen LogP contribution is 2.46. The van der Waals surface area contributed by atoms with Crippen molar-refractivity contribution in [2.24, 2.45) is 0 Å². The van der Waals surface area contributed by atoms with Crippen LogP contribution in [0.4, 0.5) is 0 Å². The lowest BCUT2D eigenvalue weighted by atomic mass is 9.91. The summed E-state index contributed by atoms with van der Waals surface area (Å²) < 4.78 is 0. The van der Waals surface area contributed by atoms with Crippen LogP contribution in [0.3, 0.4) is 0 Å². The molecule has 0 N–H and O–H groups in total. The zero-order valence-corrected chi connectivity index (χ0v) is 18.3. The third-order valence-corrected chi connectivity index (χ3v) is 7.16. The summed E-state index contributed by atoms with van der Waals surface area (Å²) in [6, 6.07) is 44.3. The van der Waals surface area contributed by atoms with Crippen LogP contribution in [0.15, 0.2) is 121 Å². The third kappa shape index (κ3) is 2.78. The lowest BCUT2D eigenvalue weighted by Crippen LogP contribution is -1.91. The molecule has 1 aliphatic rings. The van der Waals surface area contributed by atoms with Crippen LogP contribution in [-0.4, -0.2) is 0 Å². The standard InChI is InChI=1S/C33H22/c1-3-13-24-22(9-1)11-5-15-26(24)28-17-7-19-30-31-20-8-18-29(33(31)21-32(28)30)27-16-6-12-23-10-2-4-14-25(23)27/h1-20H,21H2. The first kappa shape index (κ1) is 18.4. The van der Waals surface area contributed by atoms with Gasteiger partial charge in [-0.25, -0.2) is 0 Å². The molecule has 0 saturated heterocycles. The molecule has 1 aliphatic carbocycles. The summed E-state index contributed by atoms with van der Waals surface area (Å²) in [4.78, 5) is 0. The molecule has 0 unspecified atom stereocenters. The van der Waals surface area contributed by atoms with Gasteiger partial charge in [-0.2, -0.15) is 0 Å². The molecule has 154 valence electrons. The number of hydrogen-bond acceptors (Lipinski definition) is 0. The van der Waals surface area contributed by atoms with Crippen molar-refractivity contribution in [3.05, 3.63) is 132 Å². The number of hydrogen-bond donors (Lipinski definition) is 0. The van der Waals surface area contributed by atoms with Crippen molar-refractivity contribution >= 4 is 21.5 Å². The summed E-state index contributed by atoms with van der Waals surface area (Å²) in [6.45, 7) is 0. The van der Waals surface area contributed by atoms with E-state index in [1.54, 1.807) is 0 Å². The Morgan fingerprint density at radius 2 is 0.636 bits per heavy atom. The highest BCUT2D eigenvalue weighted by molar-refractivity contribution is 6.02. The first-order valence-corrected chi connectivity index (χ1v) is 11.6. The van der Waals surface area contributed by atoms with Crippen LogP contribution in [0.2, 0.25) is 0 Å². The molecule has 0 aromatic heterocycles. The molecule has 0 amide bonds. The smallest absolute Gasteiger partial charge is 0.000111 e. The van der Waals surface area contributed by atoms with Crippen LogP contribution in [-0.2, 0) is 6.42 Å². The number of benzene rings is 6. The van der Waals surface area contributed by atoms with Gasteiger partial charge in [0.15, 0.2) is 0 Å². The summed E-state index contributed by atoms with van der Waals surface area (Å²) in [5.41, 5.74) is 11.0. The van der Waals surface area contributed by atoms with Crippen molar-refractivity contribution in [1.82, 2.24) is 0 Å². The lowest BCUT2D eigenvalue weighted by Gasteiger charge is -2.12. The molecule has 33 heavy (non-hydrogen) atoms. The Morgan fingerprint density at radius 3 is 1.12 bits per heavy atom. The van der Waals surface area contributed by atoms with E-state index >= 15 is 0 Å². The van der Waals surface area contributed by atoms with Gasteiger partial charge in [-0.15, -0.1) is 0 Å². The summed E-state index contributed by atoms with van der Waals surface area (Å²) in [5.74, 6) is 0. The van der Waals surface area contributed by atoms with Crippen LogP contribution in [0.25, 0.3) is 54.9 Å².